The van der Waals surface area contributed by atoms with Crippen molar-refractivity contribution >= 4 is 50.9 Å². The molecule has 2 amide bonds. The summed E-state index contributed by atoms with van der Waals surface area (Å²) in [6.07, 6.45) is -3.84. The minimum atomic E-state index is -4.99. The van der Waals surface area contributed by atoms with Gasteiger partial charge in [-0.1, -0.05) is 12.1 Å². The van der Waals surface area contributed by atoms with Crippen LogP contribution in [0, 0.1) is 11.3 Å². The molecule has 4 aromatic rings. The predicted octanol–water partition coefficient (Wildman–Crippen LogP) is 4.92. The zero-order chi connectivity index (χ0) is 43.8. The number of amides is 2. The Bertz CT molecular complexity index is 2540. The largest absolute Gasteiger partial charge is 0.509 e. The van der Waals surface area contributed by atoms with E-state index in [0.717, 1.165) is 23.5 Å². The number of halogens is 3. The van der Waals surface area contributed by atoms with E-state index >= 15 is 0 Å². The van der Waals surface area contributed by atoms with Gasteiger partial charge in [-0.15, -0.1) is 11.3 Å². The number of aliphatic hydroxyl groups excluding tert-OH is 2. The van der Waals surface area contributed by atoms with Crippen molar-refractivity contribution in [2.75, 3.05) is 32.6 Å². The van der Waals surface area contributed by atoms with Gasteiger partial charge in [0.15, 0.2) is 23.0 Å². The number of nitrogens with zero attached hydrogens (tertiary/aromatic N) is 1. The molecular weight excluding hydrogens is 861 g/mol. The normalized spacial score (nSPS) is 15.2. The summed E-state index contributed by atoms with van der Waals surface area (Å²) in [7, 11) is -9.47. The van der Waals surface area contributed by atoms with E-state index in [1.165, 1.54) is 48.5 Å². The van der Waals surface area contributed by atoms with E-state index in [2.05, 4.69) is 10.6 Å². The number of hydrogen-bond acceptors (Lipinski definition) is 14. The van der Waals surface area contributed by atoms with Crippen LogP contribution in [-0.4, -0.2) is 84.2 Å². The van der Waals surface area contributed by atoms with E-state index in [1.807, 2.05) is 4.72 Å². The molecule has 0 spiro atoms. The molecule has 23 heteroatoms. The summed E-state index contributed by atoms with van der Waals surface area (Å²) < 4.78 is 98.0. The van der Waals surface area contributed by atoms with Crippen molar-refractivity contribution in [2.24, 2.45) is 0 Å². The molecule has 320 valence electrons. The van der Waals surface area contributed by atoms with Gasteiger partial charge in [-0.2, -0.15) is 23.2 Å². The van der Waals surface area contributed by atoms with Crippen molar-refractivity contribution in [1.82, 2.24) is 15.4 Å². The van der Waals surface area contributed by atoms with E-state index in [4.69, 9.17) is 19.3 Å². The molecule has 0 aliphatic heterocycles. The number of benzene rings is 3. The van der Waals surface area contributed by atoms with Crippen LogP contribution >= 0.6 is 18.9 Å². The molecule has 1 heterocycles. The van der Waals surface area contributed by atoms with Crippen LogP contribution in [0.4, 0.5) is 13.2 Å². The fraction of sp³-hybridized carbons (Fsp3) is 0.270. The number of aromatic hydroxyl groups is 2. The monoisotopic (exact) mass is 896 g/mol. The Morgan fingerprint density at radius 1 is 0.967 bits per heavy atom. The zero-order valence-electron chi connectivity index (χ0n) is 30.9. The highest BCUT2D eigenvalue weighted by molar-refractivity contribution is 7.92. The first kappa shape index (κ1) is 45.3. The highest BCUT2D eigenvalue weighted by Crippen LogP contribution is 2.44. The van der Waals surface area contributed by atoms with E-state index in [1.54, 1.807) is 6.08 Å². The Balaban J connectivity index is 1.26. The summed E-state index contributed by atoms with van der Waals surface area (Å²) in [5.41, 5.74) is -2.40. The van der Waals surface area contributed by atoms with Crippen LogP contribution in [0.1, 0.15) is 40.7 Å². The summed E-state index contributed by atoms with van der Waals surface area (Å²) in [5, 5.41) is 54.0. The predicted molar refractivity (Wildman–Crippen MR) is 208 cm³/mol. The molecular formula is C37H36F3N4O13PS2. The fourth-order valence-electron chi connectivity index (χ4n) is 5.43. The van der Waals surface area contributed by atoms with Gasteiger partial charge >= 0.3 is 13.8 Å². The number of phenols is 2. The third kappa shape index (κ3) is 11.5. The molecule has 0 radical (unpaired) electrons. The molecule has 3 aromatic carbocycles. The molecule has 0 bridgehead atoms. The van der Waals surface area contributed by atoms with E-state index in [9.17, 15) is 61.1 Å². The molecule has 17 nitrogen and oxygen atoms in total. The molecule has 1 aliphatic rings. The number of hydrogen-bond donors (Lipinski definition) is 8. The highest BCUT2D eigenvalue weighted by atomic mass is 32.2. The van der Waals surface area contributed by atoms with E-state index < -0.39 is 82.1 Å². The Hall–Kier alpha value is -5.82. The number of nitriles is 1. The summed E-state index contributed by atoms with van der Waals surface area (Å²) in [6, 6.07) is 11.4. The van der Waals surface area contributed by atoms with Crippen molar-refractivity contribution in [2.45, 2.75) is 35.8 Å². The average molecular weight is 897 g/mol. The number of alkyl halides is 3. The van der Waals surface area contributed by atoms with Gasteiger partial charge < -0.3 is 50.0 Å². The number of para-hydroxylation sites is 1. The maximum Gasteiger partial charge on any atom is 0.417 e. The molecule has 1 aliphatic carbocycles. The van der Waals surface area contributed by atoms with E-state index in [-0.39, 0.29) is 72.4 Å². The Morgan fingerprint density at radius 2 is 1.63 bits per heavy atom. The van der Waals surface area contributed by atoms with Crippen molar-refractivity contribution in [1.29, 1.82) is 5.26 Å². The minimum absolute atomic E-state index is 0.00267. The van der Waals surface area contributed by atoms with Crippen LogP contribution < -0.4 is 29.4 Å². The van der Waals surface area contributed by atoms with Crippen molar-refractivity contribution in [3.05, 3.63) is 94.8 Å². The molecule has 1 aromatic heterocycles. The number of aliphatic hydroxyl groups is 2. The van der Waals surface area contributed by atoms with Crippen LogP contribution in [0.3, 0.4) is 0 Å². The first-order chi connectivity index (χ1) is 28.3. The van der Waals surface area contributed by atoms with E-state index in [0.29, 0.717) is 16.2 Å². The zero-order valence-corrected chi connectivity index (χ0v) is 33.5. The second kappa shape index (κ2) is 19.1. The standard InChI is InChI=1S/C37H36F3N4O13PS2/c38-37(39,40)26-17-23(10-9-21(26)19-41)57-58(51,52)20-44-60(53,54)32-16-22-15-29(55-13-3-11-42-35(49)24-5-1-7-27(45)33(24)47)30(18-31(22)59-32)56-14-4-12-43-36(50)25-6-2-8-28(46)34(25)48/h1-2,5-7,9-10,15-18,28,44-48H,3-4,8,11-14,20H2,(H,42,49)(H,43,50)(H,51,52). The molecule has 0 saturated heterocycles. The number of rotatable bonds is 18. The molecule has 60 heavy (non-hydrogen) atoms. The number of nitrogens with one attached hydrogen (secondary N) is 3. The van der Waals surface area contributed by atoms with Gasteiger partial charge in [0.2, 0.25) is 0 Å². The molecule has 2 atom stereocenters. The van der Waals surface area contributed by atoms with Crippen LogP contribution in [-0.2, 0) is 25.6 Å². The summed E-state index contributed by atoms with van der Waals surface area (Å²) in [5.74, 6) is -3.22. The van der Waals surface area contributed by atoms with Crippen molar-refractivity contribution in [3.8, 4) is 34.8 Å². The third-order valence-electron chi connectivity index (χ3n) is 8.41. The van der Waals surface area contributed by atoms with Gasteiger partial charge in [0.1, 0.15) is 28.1 Å². The number of ether oxygens (including phenoxy) is 2. The Labute approximate surface area is 343 Å². The van der Waals surface area contributed by atoms with Crippen LogP contribution in [0.5, 0.6) is 28.7 Å². The lowest BCUT2D eigenvalue weighted by molar-refractivity contribution is -0.137. The molecule has 0 fully saturated rings. The second-order valence-corrected chi connectivity index (χ2v) is 17.6. The highest BCUT2D eigenvalue weighted by Gasteiger charge is 2.35. The van der Waals surface area contributed by atoms with Crippen molar-refractivity contribution in [3.63, 3.8) is 0 Å². The number of carbonyl (C=O) groups excluding carboxylic acids is 2. The molecule has 2 unspecified atom stereocenters. The van der Waals surface area contributed by atoms with Gasteiger partial charge in [0.25, 0.3) is 21.8 Å². The van der Waals surface area contributed by atoms with Gasteiger partial charge in [0, 0.05) is 23.9 Å². The van der Waals surface area contributed by atoms with Gasteiger partial charge in [-0.3, -0.25) is 9.59 Å². The lowest BCUT2D eigenvalue weighted by Crippen LogP contribution is -2.29. The van der Waals surface area contributed by atoms with Crippen LogP contribution in [0.15, 0.2) is 82.3 Å². The third-order valence-corrected chi connectivity index (χ3v) is 12.7. The number of phenolic OH excluding ortho intramolecular Hbond substituents is 2. The molecule has 5 rings (SSSR count). The number of fused-ring (bicyclic) bond motifs is 1. The summed E-state index contributed by atoms with van der Waals surface area (Å²) in [6.45, 7) is 0.160. The number of sulfonamides is 1. The van der Waals surface area contributed by atoms with Crippen LogP contribution in [0.2, 0.25) is 0 Å². The SMILES string of the molecule is N#Cc1ccc(OP(=O)(O)CNS(=O)(=O)c2cc3cc(OCCCNC(=O)c4cccc(O)c4O)c(OCCCNC(=O)C4=C(O)C(O)CC=C4)cc3s2)cc1C(F)(F)F. The molecule has 8 N–H and O–H groups in total. The van der Waals surface area contributed by atoms with Gasteiger partial charge in [-0.05, 0) is 73.2 Å². The average Bonchev–Trinajstić information content (AvgIpc) is 3.62. The number of thiophene rings is 1. The van der Waals surface area contributed by atoms with Gasteiger partial charge in [-0.25, -0.2) is 13.0 Å². The summed E-state index contributed by atoms with van der Waals surface area (Å²) in [4.78, 5) is 35.3. The first-order valence-corrected chi connectivity index (χ1v) is 21.7. The maximum absolute atomic E-state index is 13.4. The fourth-order valence-corrected chi connectivity index (χ4v) is 9.38. The van der Waals surface area contributed by atoms with Crippen molar-refractivity contribution < 1.29 is 75.1 Å². The lowest BCUT2D eigenvalue weighted by atomic mass is 10.0. The topological polar surface area (TPSA) is 274 Å². The quantitative estimate of drug-likeness (QED) is 0.0374. The Morgan fingerprint density at radius 3 is 2.30 bits per heavy atom. The van der Waals surface area contributed by atoms with Gasteiger partial charge in [0.05, 0.1) is 41.5 Å². The molecule has 0 saturated carbocycles. The first-order valence-electron chi connectivity index (χ1n) is 17.6. The van der Waals surface area contributed by atoms with Crippen LogP contribution in [0.25, 0.3) is 10.1 Å². The smallest absolute Gasteiger partial charge is 0.417 e. The Kier molecular flexibility index (Phi) is 14.4. The maximum atomic E-state index is 13.4. The lowest BCUT2D eigenvalue weighted by Gasteiger charge is -2.16. The number of carbonyl (C=O) groups is 2. The second-order valence-electron chi connectivity index (χ2n) is 12.8. The summed E-state index contributed by atoms with van der Waals surface area (Å²) >= 11 is 0.737. The minimum Gasteiger partial charge on any atom is -0.509 e.